The highest BCUT2D eigenvalue weighted by molar-refractivity contribution is 7.11. The minimum absolute atomic E-state index is 0.254. The molecule has 6 heteroatoms. The van der Waals surface area contributed by atoms with E-state index in [4.69, 9.17) is 5.73 Å². The number of amides is 1. The standard InChI is InChI=1S/C10H14N4OS/c1-12-10(15)6-9(11)14(2)13-7-8-4-3-5-16-8/h3-7H,11H2,1-2H3,(H,12,15)/b9-6+,13-7+. The largest absolute Gasteiger partial charge is 0.384 e. The van der Waals surface area contributed by atoms with Gasteiger partial charge in [0.15, 0.2) is 0 Å². The SMILES string of the molecule is CNC(=O)/C=C(\N)N(C)/N=C/c1cccs1. The second-order valence-corrected chi connectivity index (χ2v) is 3.95. The van der Waals surface area contributed by atoms with E-state index in [0.29, 0.717) is 0 Å². The number of rotatable bonds is 4. The van der Waals surface area contributed by atoms with Crippen molar-refractivity contribution in [1.82, 2.24) is 10.3 Å². The fourth-order valence-corrected chi connectivity index (χ4v) is 1.45. The number of nitrogens with two attached hydrogens (primary N) is 1. The molecule has 1 amide bonds. The molecule has 0 saturated carbocycles. The van der Waals surface area contributed by atoms with Crippen LogP contribution in [0.3, 0.4) is 0 Å². The zero-order valence-electron chi connectivity index (χ0n) is 9.18. The van der Waals surface area contributed by atoms with E-state index >= 15 is 0 Å². The molecule has 0 saturated heterocycles. The highest BCUT2D eigenvalue weighted by atomic mass is 32.1. The van der Waals surface area contributed by atoms with Crippen LogP contribution in [0.15, 0.2) is 34.5 Å². The molecule has 0 aliphatic carbocycles. The van der Waals surface area contributed by atoms with Crippen LogP contribution in [0.25, 0.3) is 0 Å². The van der Waals surface area contributed by atoms with Crippen LogP contribution in [-0.4, -0.2) is 31.2 Å². The molecule has 5 nitrogen and oxygen atoms in total. The monoisotopic (exact) mass is 238 g/mol. The van der Waals surface area contributed by atoms with Gasteiger partial charge in [0, 0.05) is 25.0 Å². The lowest BCUT2D eigenvalue weighted by atomic mass is 10.5. The highest BCUT2D eigenvalue weighted by Crippen LogP contribution is 2.05. The first kappa shape index (κ1) is 12.3. The van der Waals surface area contributed by atoms with Crippen molar-refractivity contribution in [3.63, 3.8) is 0 Å². The molecular formula is C10H14N4OS. The Labute approximate surface area is 98.2 Å². The molecule has 3 N–H and O–H groups in total. The van der Waals surface area contributed by atoms with E-state index in [1.165, 1.54) is 11.1 Å². The molecule has 0 spiro atoms. The summed E-state index contributed by atoms with van der Waals surface area (Å²) in [6, 6.07) is 3.89. The lowest BCUT2D eigenvalue weighted by Crippen LogP contribution is -2.23. The van der Waals surface area contributed by atoms with Crippen molar-refractivity contribution in [2.45, 2.75) is 0 Å². The van der Waals surface area contributed by atoms with Crippen LogP contribution < -0.4 is 11.1 Å². The van der Waals surface area contributed by atoms with E-state index in [1.54, 1.807) is 31.6 Å². The molecule has 0 fully saturated rings. The van der Waals surface area contributed by atoms with Crippen LogP contribution in [0, 0.1) is 0 Å². The van der Waals surface area contributed by atoms with Crippen LogP contribution in [0.2, 0.25) is 0 Å². The fraction of sp³-hybridized carbons (Fsp3) is 0.200. The summed E-state index contributed by atoms with van der Waals surface area (Å²) in [4.78, 5) is 12.0. The van der Waals surface area contributed by atoms with Crippen molar-refractivity contribution >= 4 is 23.5 Å². The summed E-state index contributed by atoms with van der Waals surface area (Å²) in [7, 11) is 3.22. The van der Waals surface area contributed by atoms with Crippen molar-refractivity contribution in [2.24, 2.45) is 10.8 Å². The second-order valence-electron chi connectivity index (χ2n) is 2.97. The first-order valence-corrected chi connectivity index (χ1v) is 5.51. The summed E-state index contributed by atoms with van der Waals surface area (Å²) in [6.45, 7) is 0. The van der Waals surface area contributed by atoms with Crippen LogP contribution >= 0.6 is 11.3 Å². The lowest BCUT2D eigenvalue weighted by Gasteiger charge is -2.11. The third-order valence-electron chi connectivity index (χ3n) is 1.80. The summed E-state index contributed by atoms with van der Waals surface area (Å²) in [5.74, 6) is 0.0304. The first-order chi connectivity index (χ1) is 7.63. The third-order valence-corrected chi connectivity index (χ3v) is 2.61. The summed E-state index contributed by atoms with van der Waals surface area (Å²) >= 11 is 1.58. The molecule has 0 unspecified atom stereocenters. The first-order valence-electron chi connectivity index (χ1n) is 4.63. The summed E-state index contributed by atoms with van der Waals surface area (Å²) in [6.07, 6.45) is 2.97. The van der Waals surface area contributed by atoms with Gasteiger partial charge in [-0.1, -0.05) is 6.07 Å². The van der Waals surface area contributed by atoms with Crippen LogP contribution in [0.5, 0.6) is 0 Å². The van der Waals surface area contributed by atoms with Gasteiger partial charge in [-0.05, 0) is 11.4 Å². The lowest BCUT2D eigenvalue weighted by molar-refractivity contribution is -0.116. The molecule has 0 atom stereocenters. The molecule has 0 aliphatic rings. The Hall–Kier alpha value is -1.82. The molecule has 0 radical (unpaired) electrons. The smallest absolute Gasteiger partial charge is 0.247 e. The minimum atomic E-state index is -0.254. The second kappa shape index (κ2) is 5.92. The van der Waals surface area contributed by atoms with Crippen molar-refractivity contribution in [3.8, 4) is 0 Å². The van der Waals surface area contributed by atoms with Crippen LogP contribution in [-0.2, 0) is 4.79 Å². The van der Waals surface area contributed by atoms with E-state index in [-0.39, 0.29) is 11.7 Å². The number of hydrogen-bond acceptors (Lipinski definition) is 5. The predicted octanol–water partition coefficient (Wildman–Crippen LogP) is 0.560. The van der Waals surface area contributed by atoms with E-state index in [1.807, 2.05) is 17.5 Å². The summed E-state index contributed by atoms with van der Waals surface area (Å²) < 4.78 is 0. The zero-order valence-corrected chi connectivity index (χ0v) is 9.99. The maximum Gasteiger partial charge on any atom is 0.247 e. The van der Waals surface area contributed by atoms with E-state index in [9.17, 15) is 4.79 Å². The number of nitrogens with zero attached hydrogens (tertiary/aromatic N) is 2. The topological polar surface area (TPSA) is 70.7 Å². The van der Waals surface area contributed by atoms with Gasteiger partial charge >= 0.3 is 0 Å². The Morgan fingerprint density at radius 1 is 1.69 bits per heavy atom. The molecule has 1 aromatic rings. The number of likely N-dealkylation sites (N-methyl/N-ethyl adjacent to an activating group) is 1. The highest BCUT2D eigenvalue weighted by Gasteiger charge is 1.99. The number of carbonyl (C=O) groups excluding carboxylic acids is 1. The third kappa shape index (κ3) is 3.74. The Bertz CT molecular complexity index is 397. The van der Waals surface area contributed by atoms with E-state index in [2.05, 4.69) is 10.4 Å². The van der Waals surface area contributed by atoms with Crippen LogP contribution in [0.4, 0.5) is 0 Å². The van der Waals surface area contributed by atoms with Crippen molar-refractivity contribution in [2.75, 3.05) is 14.1 Å². The maximum absolute atomic E-state index is 11.0. The Balaban J connectivity index is 2.61. The van der Waals surface area contributed by atoms with Gasteiger partial charge in [0.2, 0.25) is 5.91 Å². The quantitative estimate of drug-likeness (QED) is 0.457. The number of hydrogen-bond donors (Lipinski definition) is 2. The molecule has 1 rings (SSSR count). The van der Waals surface area contributed by atoms with Gasteiger partial charge in [-0.3, -0.25) is 9.80 Å². The molecule has 1 aromatic heterocycles. The summed E-state index contributed by atoms with van der Waals surface area (Å²) in [5, 5.41) is 9.95. The molecule has 0 aliphatic heterocycles. The predicted molar refractivity (Wildman–Crippen MR) is 66.0 cm³/mol. The minimum Gasteiger partial charge on any atom is -0.384 e. The number of carbonyl (C=O) groups is 1. The number of nitrogens with one attached hydrogen (secondary N) is 1. The molecule has 86 valence electrons. The van der Waals surface area contributed by atoms with Gasteiger partial charge in [0.05, 0.1) is 6.21 Å². The maximum atomic E-state index is 11.0. The molecule has 16 heavy (non-hydrogen) atoms. The number of thiophene rings is 1. The normalized spacial score (nSPS) is 11.8. The average molecular weight is 238 g/mol. The average Bonchev–Trinajstić information content (AvgIpc) is 2.78. The van der Waals surface area contributed by atoms with Gasteiger partial charge < -0.3 is 11.1 Å². The van der Waals surface area contributed by atoms with Gasteiger partial charge in [-0.15, -0.1) is 11.3 Å². The molecule has 0 aromatic carbocycles. The van der Waals surface area contributed by atoms with Crippen molar-refractivity contribution < 1.29 is 4.79 Å². The van der Waals surface area contributed by atoms with Crippen LogP contribution in [0.1, 0.15) is 4.88 Å². The van der Waals surface area contributed by atoms with Gasteiger partial charge in [-0.2, -0.15) is 5.10 Å². The van der Waals surface area contributed by atoms with Gasteiger partial charge in [0.1, 0.15) is 5.82 Å². The Morgan fingerprint density at radius 3 is 3.00 bits per heavy atom. The molecular weight excluding hydrogens is 224 g/mol. The Morgan fingerprint density at radius 2 is 2.44 bits per heavy atom. The zero-order chi connectivity index (χ0) is 12.0. The molecule has 1 heterocycles. The Kier molecular flexibility index (Phi) is 4.53. The number of hydrazone groups is 1. The van der Waals surface area contributed by atoms with E-state index < -0.39 is 0 Å². The summed E-state index contributed by atoms with van der Waals surface area (Å²) in [5.41, 5.74) is 5.65. The van der Waals surface area contributed by atoms with Crippen molar-refractivity contribution in [3.05, 3.63) is 34.3 Å². The van der Waals surface area contributed by atoms with Gasteiger partial charge in [-0.25, -0.2) is 0 Å². The molecule has 0 bridgehead atoms. The van der Waals surface area contributed by atoms with Crippen molar-refractivity contribution in [1.29, 1.82) is 0 Å². The fourth-order valence-electron chi connectivity index (χ4n) is 0.875. The van der Waals surface area contributed by atoms with E-state index in [0.717, 1.165) is 4.88 Å². The van der Waals surface area contributed by atoms with Gasteiger partial charge in [0.25, 0.3) is 0 Å².